The van der Waals surface area contributed by atoms with Gasteiger partial charge in [-0.25, -0.2) is 0 Å². The molecule has 0 saturated carbocycles. The first-order valence-corrected chi connectivity index (χ1v) is 13.6. The lowest BCUT2D eigenvalue weighted by atomic mass is 9.63. The Morgan fingerprint density at radius 2 is 1.53 bits per heavy atom. The van der Waals surface area contributed by atoms with Crippen LogP contribution in [0, 0.1) is 10.8 Å². The minimum Gasteiger partial charge on any atom is -0.492 e. The first kappa shape index (κ1) is 26.9. The molecule has 6 heteroatoms. The lowest BCUT2D eigenvalue weighted by molar-refractivity contribution is -0.119. The zero-order valence-electron chi connectivity index (χ0n) is 22.6. The second-order valence-electron chi connectivity index (χ2n) is 12.1. The van der Waals surface area contributed by atoms with Gasteiger partial charge in [0.05, 0.1) is 11.6 Å². The molecule has 5 nitrogen and oxygen atoms in total. The first-order chi connectivity index (χ1) is 17.0. The molecule has 4 rings (SSSR count). The molecule has 1 heterocycles. The molecule has 0 atom stereocenters. The van der Waals surface area contributed by atoms with Gasteiger partial charge in [0.1, 0.15) is 5.75 Å². The molecule has 0 bridgehead atoms. The van der Waals surface area contributed by atoms with E-state index in [-0.39, 0.29) is 22.4 Å². The monoisotopic (exact) mass is 513 g/mol. The highest BCUT2D eigenvalue weighted by molar-refractivity contribution is 6.32. The highest BCUT2D eigenvalue weighted by Gasteiger charge is 2.48. The third kappa shape index (κ3) is 5.28. The number of allylic oxidation sites excluding steroid dienone is 4. The van der Waals surface area contributed by atoms with Crippen molar-refractivity contribution in [2.24, 2.45) is 10.8 Å². The van der Waals surface area contributed by atoms with Crippen molar-refractivity contribution in [3.8, 4) is 5.75 Å². The summed E-state index contributed by atoms with van der Waals surface area (Å²) >= 11 is 6.66. The smallest absolute Gasteiger partial charge is 0.162 e. The van der Waals surface area contributed by atoms with E-state index in [1.54, 1.807) is 7.11 Å². The molecule has 0 spiro atoms. The summed E-state index contributed by atoms with van der Waals surface area (Å²) in [6, 6.07) is 5.76. The summed E-state index contributed by atoms with van der Waals surface area (Å²) in [5.41, 5.74) is 4.31. The molecule has 0 radical (unpaired) electrons. The number of Topliss-reactive ketones (excluding diaryl/α,β-unsaturated/α-hetero) is 2. The standard InChI is InChI=1S/C30H40ClNO4/c1-7-12-36-25-10-9-19(14-20(25)31)26-27-21(15-29(2,3)17-23(27)33)32(11-8-13-35-6)22-16-30(4,5)18-24(34)28(22)26/h9-10,14,26H,7-8,11-13,15-18H2,1-6H3. The largest absolute Gasteiger partial charge is 0.492 e. The zero-order valence-corrected chi connectivity index (χ0v) is 23.4. The number of rotatable bonds is 8. The fraction of sp³-hybridized carbons (Fsp3) is 0.600. The van der Waals surface area contributed by atoms with Crippen molar-refractivity contribution < 1.29 is 19.1 Å². The Labute approximate surface area is 220 Å². The van der Waals surface area contributed by atoms with Gasteiger partial charge in [-0.1, -0.05) is 52.3 Å². The third-order valence-corrected chi connectivity index (χ3v) is 7.80. The van der Waals surface area contributed by atoms with E-state index in [0.717, 1.165) is 60.3 Å². The minimum atomic E-state index is -0.390. The van der Waals surface area contributed by atoms with E-state index in [9.17, 15) is 9.59 Å². The summed E-state index contributed by atoms with van der Waals surface area (Å²) in [5, 5.41) is 0.514. The van der Waals surface area contributed by atoms with Gasteiger partial charge in [-0.3, -0.25) is 9.59 Å². The lowest BCUT2D eigenvalue weighted by Crippen LogP contribution is -2.44. The highest BCUT2D eigenvalue weighted by Crippen LogP contribution is 2.54. The van der Waals surface area contributed by atoms with E-state index >= 15 is 0 Å². The number of ether oxygens (including phenoxy) is 2. The Balaban J connectivity index is 1.90. The van der Waals surface area contributed by atoms with Gasteiger partial charge in [0, 0.05) is 61.6 Å². The van der Waals surface area contributed by atoms with Crippen molar-refractivity contribution in [3.05, 3.63) is 51.3 Å². The highest BCUT2D eigenvalue weighted by atomic mass is 35.5. The van der Waals surface area contributed by atoms with E-state index in [1.807, 2.05) is 18.2 Å². The van der Waals surface area contributed by atoms with Gasteiger partial charge in [0.2, 0.25) is 0 Å². The summed E-state index contributed by atoms with van der Waals surface area (Å²) < 4.78 is 11.2. The molecule has 0 N–H and O–H groups in total. The van der Waals surface area contributed by atoms with Gasteiger partial charge < -0.3 is 14.4 Å². The predicted molar refractivity (Wildman–Crippen MR) is 143 cm³/mol. The molecular weight excluding hydrogens is 474 g/mol. The summed E-state index contributed by atoms with van der Waals surface area (Å²) in [6.07, 6.45) is 4.26. The normalized spacial score (nSPS) is 21.6. The molecule has 196 valence electrons. The number of ketones is 2. The maximum atomic E-state index is 13.8. The molecule has 0 saturated heterocycles. The van der Waals surface area contributed by atoms with E-state index in [4.69, 9.17) is 21.1 Å². The lowest BCUT2D eigenvalue weighted by Gasteiger charge is -2.49. The SMILES string of the molecule is CCCOc1ccc(C2C3=C(CC(C)(C)CC3=O)N(CCCOC)C3=C2C(=O)CC(C)(C)C3)cc1Cl. The second kappa shape index (κ2) is 10.3. The average Bonchev–Trinajstić information content (AvgIpc) is 2.77. The van der Waals surface area contributed by atoms with Crippen LogP contribution in [0.1, 0.15) is 84.6 Å². The quantitative estimate of drug-likeness (QED) is 0.356. The zero-order chi connectivity index (χ0) is 26.3. The Morgan fingerprint density at radius 1 is 0.944 bits per heavy atom. The van der Waals surface area contributed by atoms with Crippen molar-refractivity contribution in [1.29, 1.82) is 0 Å². The molecule has 36 heavy (non-hydrogen) atoms. The number of hydrogen-bond donors (Lipinski definition) is 0. The minimum absolute atomic E-state index is 0.134. The number of carbonyl (C=O) groups excluding carboxylic acids is 2. The number of methoxy groups -OCH3 is 1. The van der Waals surface area contributed by atoms with Crippen molar-refractivity contribution in [2.45, 2.75) is 79.1 Å². The van der Waals surface area contributed by atoms with Gasteiger partial charge in [0.15, 0.2) is 11.6 Å². The van der Waals surface area contributed by atoms with Crippen molar-refractivity contribution in [2.75, 3.05) is 26.9 Å². The van der Waals surface area contributed by atoms with Crippen molar-refractivity contribution in [1.82, 2.24) is 4.90 Å². The number of benzene rings is 1. The molecule has 0 amide bonds. The molecule has 1 aliphatic heterocycles. The average molecular weight is 514 g/mol. The maximum absolute atomic E-state index is 13.8. The number of carbonyl (C=O) groups is 2. The van der Waals surface area contributed by atoms with E-state index in [2.05, 4.69) is 39.5 Å². The summed E-state index contributed by atoms with van der Waals surface area (Å²) in [7, 11) is 1.71. The van der Waals surface area contributed by atoms with Crippen LogP contribution >= 0.6 is 11.6 Å². The van der Waals surface area contributed by atoms with Crippen LogP contribution in [0.4, 0.5) is 0 Å². The van der Waals surface area contributed by atoms with Crippen LogP contribution < -0.4 is 4.74 Å². The summed E-state index contributed by atoms with van der Waals surface area (Å²) in [6.45, 7) is 12.6. The summed E-state index contributed by atoms with van der Waals surface area (Å²) in [5.74, 6) is 0.512. The molecule has 0 fully saturated rings. The number of halogens is 1. The van der Waals surface area contributed by atoms with Gasteiger partial charge in [-0.2, -0.15) is 0 Å². The Bertz CT molecular complexity index is 1060. The third-order valence-electron chi connectivity index (χ3n) is 7.50. The van der Waals surface area contributed by atoms with E-state index < -0.39 is 5.92 Å². The van der Waals surface area contributed by atoms with E-state index in [1.165, 1.54) is 0 Å². The topological polar surface area (TPSA) is 55.8 Å². The molecule has 1 aromatic rings. The maximum Gasteiger partial charge on any atom is 0.162 e. The van der Waals surface area contributed by atoms with Gasteiger partial charge in [-0.15, -0.1) is 0 Å². The molecule has 1 aromatic carbocycles. The second-order valence-corrected chi connectivity index (χ2v) is 12.5. The molecule has 0 unspecified atom stereocenters. The van der Waals surface area contributed by atoms with Crippen LogP contribution in [-0.4, -0.2) is 43.3 Å². The molecule has 0 aromatic heterocycles. The first-order valence-electron chi connectivity index (χ1n) is 13.2. The van der Waals surface area contributed by atoms with Crippen molar-refractivity contribution >= 4 is 23.2 Å². The number of hydrogen-bond acceptors (Lipinski definition) is 5. The van der Waals surface area contributed by atoms with Crippen LogP contribution in [-0.2, 0) is 14.3 Å². The molecule has 2 aliphatic carbocycles. The fourth-order valence-electron chi connectivity index (χ4n) is 6.04. The number of nitrogens with zero attached hydrogens (tertiary/aromatic N) is 1. The van der Waals surface area contributed by atoms with Crippen molar-refractivity contribution in [3.63, 3.8) is 0 Å². The summed E-state index contributed by atoms with van der Waals surface area (Å²) in [4.78, 5) is 29.9. The van der Waals surface area contributed by atoms with Crippen LogP contribution in [0.5, 0.6) is 5.75 Å². The Morgan fingerprint density at radius 3 is 2.03 bits per heavy atom. The molecular formula is C30H40ClNO4. The van der Waals surface area contributed by atoms with Crippen LogP contribution in [0.3, 0.4) is 0 Å². The fourth-order valence-corrected chi connectivity index (χ4v) is 6.29. The van der Waals surface area contributed by atoms with E-state index in [0.29, 0.717) is 36.8 Å². The van der Waals surface area contributed by atoms with Gasteiger partial charge in [-0.05, 0) is 54.2 Å². The Kier molecular flexibility index (Phi) is 7.73. The van der Waals surface area contributed by atoms with Crippen LogP contribution in [0.15, 0.2) is 40.7 Å². The Hall–Kier alpha value is -2.11. The predicted octanol–water partition coefficient (Wildman–Crippen LogP) is 6.85. The van der Waals surface area contributed by atoms with Gasteiger partial charge >= 0.3 is 0 Å². The van der Waals surface area contributed by atoms with Crippen LogP contribution in [0.2, 0.25) is 5.02 Å². The van der Waals surface area contributed by atoms with Crippen LogP contribution in [0.25, 0.3) is 0 Å². The van der Waals surface area contributed by atoms with Gasteiger partial charge in [0.25, 0.3) is 0 Å². The molecule has 3 aliphatic rings.